The number of hydrogen-bond donors (Lipinski definition) is 1. The van der Waals surface area contributed by atoms with Gasteiger partial charge in [-0.1, -0.05) is 39.7 Å². The van der Waals surface area contributed by atoms with Crippen LogP contribution in [0.3, 0.4) is 0 Å². The van der Waals surface area contributed by atoms with Gasteiger partial charge in [0.2, 0.25) is 0 Å². The summed E-state index contributed by atoms with van der Waals surface area (Å²) in [6.45, 7) is 2.10. The highest BCUT2D eigenvalue weighted by atomic mass is 79.9. The Balaban J connectivity index is 2.26. The molecule has 0 aromatic heterocycles. The molecule has 0 fully saturated rings. The standard InChI is InChI=1S/C15H15BrClNO/c1-10(18-2)11-4-3-5-13(8-11)19-15-9-12(16)6-7-14(15)17/h3-10,18H,1-2H3. The molecule has 0 saturated heterocycles. The molecule has 0 bridgehead atoms. The summed E-state index contributed by atoms with van der Waals surface area (Å²) < 4.78 is 6.77. The molecule has 1 N–H and O–H groups in total. The van der Waals surface area contributed by atoms with E-state index in [1.54, 1.807) is 6.07 Å². The van der Waals surface area contributed by atoms with Gasteiger partial charge in [-0.25, -0.2) is 0 Å². The first-order valence-electron chi connectivity index (χ1n) is 6.00. The Morgan fingerprint density at radius 1 is 1.21 bits per heavy atom. The van der Waals surface area contributed by atoms with Crippen molar-refractivity contribution >= 4 is 27.5 Å². The van der Waals surface area contributed by atoms with Crippen molar-refractivity contribution in [2.75, 3.05) is 7.05 Å². The van der Waals surface area contributed by atoms with Crippen LogP contribution in [0.15, 0.2) is 46.9 Å². The zero-order chi connectivity index (χ0) is 13.8. The highest BCUT2D eigenvalue weighted by molar-refractivity contribution is 9.10. The molecule has 0 radical (unpaired) electrons. The topological polar surface area (TPSA) is 21.3 Å². The van der Waals surface area contributed by atoms with Gasteiger partial charge in [0.25, 0.3) is 0 Å². The van der Waals surface area contributed by atoms with Crippen molar-refractivity contribution in [2.24, 2.45) is 0 Å². The van der Waals surface area contributed by atoms with Gasteiger partial charge < -0.3 is 10.1 Å². The molecular formula is C15H15BrClNO. The molecule has 0 aliphatic rings. The molecule has 2 aromatic rings. The van der Waals surface area contributed by atoms with E-state index in [4.69, 9.17) is 16.3 Å². The summed E-state index contributed by atoms with van der Waals surface area (Å²) >= 11 is 9.53. The van der Waals surface area contributed by atoms with Crippen molar-refractivity contribution in [3.63, 3.8) is 0 Å². The first-order valence-corrected chi connectivity index (χ1v) is 7.17. The lowest BCUT2D eigenvalue weighted by Crippen LogP contribution is -2.12. The average molecular weight is 341 g/mol. The lowest BCUT2D eigenvalue weighted by molar-refractivity contribution is 0.480. The molecule has 4 heteroatoms. The fourth-order valence-corrected chi connectivity index (χ4v) is 2.19. The first-order chi connectivity index (χ1) is 9.10. The van der Waals surface area contributed by atoms with Gasteiger partial charge in [-0.05, 0) is 49.9 Å². The zero-order valence-corrected chi connectivity index (χ0v) is 13.1. The van der Waals surface area contributed by atoms with Crippen LogP contribution in [0.25, 0.3) is 0 Å². The van der Waals surface area contributed by atoms with Crippen LogP contribution in [0.4, 0.5) is 0 Å². The van der Waals surface area contributed by atoms with Crippen molar-refractivity contribution in [3.8, 4) is 11.5 Å². The van der Waals surface area contributed by atoms with Gasteiger partial charge in [0, 0.05) is 10.5 Å². The minimum atomic E-state index is 0.279. The molecule has 2 aromatic carbocycles. The van der Waals surface area contributed by atoms with Crippen LogP contribution in [0.5, 0.6) is 11.5 Å². The van der Waals surface area contributed by atoms with E-state index in [2.05, 4.69) is 34.2 Å². The summed E-state index contributed by atoms with van der Waals surface area (Å²) in [4.78, 5) is 0. The maximum absolute atomic E-state index is 6.12. The third kappa shape index (κ3) is 3.72. The minimum Gasteiger partial charge on any atom is -0.456 e. The second kappa shape index (κ2) is 6.42. The van der Waals surface area contributed by atoms with Gasteiger partial charge in [-0.15, -0.1) is 0 Å². The zero-order valence-electron chi connectivity index (χ0n) is 10.8. The SMILES string of the molecule is CNC(C)c1cccc(Oc2cc(Br)ccc2Cl)c1. The smallest absolute Gasteiger partial charge is 0.147 e. The maximum Gasteiger partial charge on any atom is 0.147 e. The number of ether oxygens (including phenoxy) is 1. The molecule has 0 aliphatic heterocycles. The van der Waals surface area contributed by atoms with Crippen molar-refractivity contribution in [1.82, 2.24) is 5.32 Å². The van der Waals surface area contributed by atoms with E-state index in [1.807, 2.05) is 37.4 Å². The van der Waals surface area contributed by atoms with Crippen LogP contribution >= 0.6 is 27.5 Å². The summed E-state index contributed by atoms with van der Waals surface area (Å²) in [5.74, 6) is 1.42. The van der Waals surface area contributed by atoms with Crippen molar-refractivity contribution in [2.45, 2.75) is 13.0 Å². The second-order valence-corrected chi connectivity index (χ2v) is 5.58. The summed E-state index contributed by atoms with van der Waals surface area (Å²) in [5, 5.41) is 3.80. The number of nitrogens with one attached hydrogen (secondary N) is 1. The number of halogens is 2. The van der Waals surface area contributed by atoms with Crippen molar-refractivity contribution in [3.05, 3.63) is 57.5 Å². The molecule has 0 saturated carbocycles. The van der Waals surface area contributed by atoms with Crippen LogP contribution in [-0.2, 0) is 0 Å². The Kier molecular flexibility index (Phi) is 4.86. The van der Waals surface area contributed by atoms with Gasteiger partial charge in [0.15, 0.2) is 0 Å². The van der Waals surface area contributed by atoms with Crippen LogP contribution < -0.4 is 10.1 Å². The van der Waals surface area contributed by atoms with Gasteiger partial charge in [0.05, 0.1) is 5.02 Å². The highest BCUT2D eigenvalue weighted by Gasteiger charge is 2.07. The number of benzene rings is 2. The van der Waals surface area contributed by atoms with E-state index < -0.39 is 0 Å². The Morgan fingerprint density at radius 2 is 2.00 bits per heavy atom. The third-order valence-electron chi connectivity index (χ3n) is 2.91. The summed E-state index contributed by atoms with van der Waals surface area (Å²) in [7, 11) is 1.93. The normalized spacial score (nSPS) is 12.2. The monoisotopic (exact) mass is 339 g/mol. The Bertz CT molecular complexity index is 574. The molecule has 1 atom stereocenters. The molecule has 19 heavy (non-hydrogen) atoms. The predicted octanol–water partition coefficient (Wildman–Crippen LogP) is 5.18. The Hall–Kier alpha value is -1.03. The molecule has 0 heterocycles. The van der Waals surface area contributed by atoms with Crippen LogP contribution in [0, 0.1) is 0 Å². The van der Waals surface area contributed by atoms with Gasteiger partial charge in [-0.3, -0.25) is 0 Å². The summed E-state index contributed by atoms with van der Waals surface area (Å²) in [6.07, 6.45) is 0. The number of hydrogen-bond acceptors (Lipinski definition) is 2. The largest absolute Gasteiger partial charge is 0.456 e. The van der Waals surface area contributed by atoms with Crippen LogP contribution in [0.2, 0.25) is 5.02 Å². The van der Waals surface area contributed by atoms with Crippen molar-refractivity contribution in [1.29, 1.82) is 0 Å². The van der Waals surface area contributed by atoms with Crippen LogP contribution in [-0.4, -0.2) is 7.05 Å². The molecule has 0 amide bonds. The fraction of sp³-hybridized carbons (Fsp3) is 0.200. The third-order valence-corrected chi connectivity index (χ3v) is 3.72. The second-order valence-electron chi connectivity index (χ2n) is 4.26. The summed E-state index contributed by atoms with van der Waals surface area (Å²) in [6, 6.07) is 13.8. The van der Waals surface area contributed by atoms with Gasteiger partial charge in [0.1, 0.15) is 11.5 Å². The van der Waals surface area contributed by atoms with E-state index >= 15 is 0 Å². The van der Waals surface area contributed by atoms with E-state index in [9.17, 15) is 0 Å². The highest BCUT2D eigenvalue weighted by Crippen LogP contribution is 2.32. The number of rotatable bonds is 4. The molecular weight excluding hydrogens is 326 g/mol. The minimum absolute atomic E-state index is 0.279. The van der Waals surface area contributed by atoms with E-state index in [0.717, 1.165) is 10.2 Å². The lowest BCUT2D eigenvalue weighted by atomic mass is 10.1. The quantitative estimate of drug-likeness (QED) is 0.828. The van der Waals surface area contributed by atoms with E-state index in [-0.39, 0.29) is 6.04 Å². The Morgan fingerprint density at radius 3 is 2.74 bits per heavy atom. The molecule has 0 aliphatic carbocycles. The first kappa shape index (κ1) is 14.4. The summed E-state index contributed by atoms with van der Waals surface area (Å²) in [5.41, 5.74) is 1.17. The van der Waals surface area contributed by atoms with Crippen molar-refractivity contribution < 1.29 is 4.74 Å². The lowest BCUT2D eigenvalue weighted by Gasteiger charge is -2.13. The van der Waals surface area contributed by atoms with Gasteiger partial charge in [-0.2, -0.15) is 0 Å². The molecule has 100 valence electrons. The van der Waals surface area contributed by atoms with E-state index in [0.29, 0.717) is 10.8 Å². The molecule has 1 unspecified atom stereocenters. The molecule has 2 nitrogen and oxygen atoms in total. The maximum atomic E-state index is 6.12. The Labute approximate surface area is 126 Å². The molecule has 0 spiro atoms. The average Bonchev–Trinajstić information content (AvgIpc) is 2.42. The van der Waals surface area contributed by atoms with E-state index in [1.165, 1.54) is 5.56 Å². The fourth-order valence-electron chi connectivity index (χ4n) is 1.70. The van der Waals surface area contributed by atoms with Gasteiger partial charge >= 0.3 is 0 Å². The predicted molar refractivity (Wildman–Crippen MR) is 83.1 cm³/mol. The van der Waals surface area contributed by atoms with Crippen LogP contribution in [0.1, 0.15) is 18.5 Å². The molecule has 2 rings (SSSR count).